The van der Waals surface area contributed by atoms with Gasteiger partial charge in [-0.1, -0.05) is 141 Å². The van der Waals surface area contributed by atoms with Gasteiger partial charge in [0.15, 0.2) is 0 Å². The van der Waals surface area contributed by atoms with E-state index < -0.39 is 60.4 Å². The fourth-order valence-corrected chi connectivity index (χ4v) is 23.1. The number of fused-ring (bicyclic) bond motifs is 2. The second-order valence-electron chi connectivity index (χ2n) is 28.1. The van der Waals surface area contributed by atoms with E-state index in [2.05, 4.69) is 89.7 Å². The Kier molecular flexibility index (Phi) is 24.9. The molecule has 18 heteroatoms. The topological polar surface area (TPSA) is 207 Å². The lowest BCUT2D eigenvalue weighted by Crippen LogP contribution is -2.67. The molecule has 466 valence electrons. The van der Waals surface area contributed by atoms with E-state index in [-0.39, 0.29) is 105 Å². The van der Waals surface area contributed by atoms with Crippen LogP contribution in [0.25, 0.3) is 0 Å². The lowest BCUT2D eigenvalue weighted by molar-refractivity contribution is -0.211. The molecule has 2 aromatic carbocycles. The standard InChI is InChI=1S/C32H54O9Si.C32H52O7Si/c1-20(29(26(36)17-33)38-18-22-10-12-24(37-9)13-11-22)14-23(34)15-21(2)30-25(35)16-27-28(40-30)19-39-42(41-27,31(3,4)5)32(6,7)8;1-11-27(36-19-23-12-14-25(35-10)15-13-23)21(2)16-24(33)17-22(3)30-26(34)18-28-29(38-30)20-37-40(39-28,31(4,5)6)32(7,8)9/h10-13,20-21,25-30,33,35-36H,14-19H2,1-9H3;11-15,21-22,26-30,34H,1,16-20H2,2-10H3/t20-,21-,25-,26?,27+,28+,29-,30-;21-,22-,26-,27+,28+,29+,30-/m00/s1. The van der Waals surface area contributed by atoms with E-state index in [4.69, 9.17) is 46.1 Å². The van der Waals surface area contributed by atoms with Gasteiger partial charge in [-0.05, 0) is 59.1 Å². The van der Waals surface area contributed by atoms with Crippen molar-refractivity contribution in [2.45, 2.75) is 250 Å². The molecule has 82 heavy (non-hydrogen) atoms. The third kappa shape index (κ3) is 17.2. The summed E-state index contributed by atoms with van der Waals surface area (Å²) in [5, 5.41) is 41.7. The molecular weight excluding hydrogens is 1080 g/mol. The van der Waals surface area contributed by atoms with E-state index in [1.807, 2.05) is 76.2 Å². The number of ether oxygens (including phenoxy) is 6. The lowest BCUT2D eigenvalue weighted by atomic mass is 9.85. The Balaban J connectivity index is 0.000000301. The molecule has 4 aliphatic rings. The Morgan fingerprint density at radius 3 is 1.30 bits per heavy atom. The van der Waals surface area contributed by atoms with Crippen molar-refractivity contribution >= 4 is 28.7 Å². The predicted octanol–water partition coefficient (Wildman–Crippen LogP) is 10.9. The van der Waals surface area contributed by atoms with Crippen molar-refractivity contribution < 1.29 is 76.1 Å². The van der Waals surface area contributed by atoms with Crippen LogP contribution in [0.2, 0.25) is 20.2 Å². The summed E-state index contributed by atoms with van der Waals surface area (Å²) in [6.45, 7) is 38.8. The van der Waals surface area contributed by atoms with Crippen LogP contribution in [-0.2, 0) is 59.5 Å². The Morgan fingerprint density at radius 1 is 0.598 bits per heavy atom. The van der Waals surface area contributed by atoms with Crippen LogP contribution in [0.4, 0.5) is 0 Å². The zero-order chi connectivity index (χ0) is 61.3. The number of carbonyl (C=O) groups excluding carboxylic acids is 2. The summed E-state index contributed by atoms with van der Waals surface area (Å²) < 4.78 is 61.9. The fourth-order valence-electron chi connectivity index (χ4n) is 13.2. The van der Waals surface area contributed by atoms with E-state index in [9.17, 15) is 30.0 Å². The van der Waals surface area contributed by atoms with Gasteiger partial charge in [-0.15, -0.1) is 6.58 Å². The Hall–Kier alpha value is -2.93. The molecule has 0 radical (unpaired) electrons. The van der Waals surface area contributed by atoms with E-state index in [1.54, 1.807) is 20.3 Å². The van der Waals surface area contributed by atoms with Crippen molar-refractivity contribution in [1.82, 2.24) is 0 Å². The molecule has 4 aliphatic heterocycles. The van der Waals surface area contributed by atoms with Gasteiger partial charge in [0.05, 0.1) is 96.1 Å². The van der Waals surface area contributed by atoms with Gasteiger partial charge >= 0.3 is 17.1 Å². The molecule has 4 N–H and O–H groups in total. The molecule has 0 bridgehead atoms. The highest BCUT2D eigenvalue weighted by Gasteiger charge is 2.64. The van der Waals surface area contributed by atoms with Crippen molar-refractivity contribution in [3.63, 3.8) is 0 Å². The summed E-state index contributed by atoms with van der Waals surface area (Å²) >= 11 is 0. The Labute approximate surface area is 494 Å². The van der Waals surface area contributed by atoms with Crippen LogP contribution in [0.3, 0.4) is 0 Å². The lowest BCUT2D eigenvalue weighted by Gasteiger charge is -2.56. The molecule has 0 aliphatic carbocycles. The number of ketones is 2. The molecule has 0 saturated carbocycles. The third-order valence-electron chi connectivity index (χ3n) is 17.1. The van der Waals surface area contributed by atoms with Gasteiger partial charge in [-0.3, -0.25) is 9.59 Å². The van der Waals surface area contributed by atoms with Gasteiger partial charge < -0.3 is 66.6 Å². The number of rotatable bonds is 23. The molecule has 0 spiro atoms. The molecule has 6 rings (SSSR count). The van der Waals surface area contributed by atoms with Crippen LogP contribution in [0.5, 0.6) is 11.5 Å². The van der Waals surface area contributed by atoms with Crippen molar-refractivity contribution in [3.8, 4) is 11.5 Å². The summed E-state index contributed by atoms with van der Waals surface area (Å²) in [6, 6.07) is 15.1. The summed E-state index contributed by atoms with van der Waals surface area (Å²) in [4.78, 5) is 26.2. The SMILES string of the molecule is C=C[C@@H](OCc1ccc(OC)cc1)[C@@H](C)CC(=O)C[C@H](C)[C@@H]1O[C@@H]2CO[Si](C(C)(C)C)(C(C)(C)C)O[C@@H]2C[C@@H]1O.COc1ccc(CO[C@H](C(O)CO)[C@@H](C)CC(=O)C[C@H](C)[C@@H]2O[C@@H]3CO[Si](C(C)(C)C)(C(C)(C)C)O[C@@H]3C[C@@H]2O)cc1. The van der Waals surface area contributed by atoms with Crippen LogP contribution in [0.15, 0.2) is 61.2 Å². The summed E-state index contributed by atoms with van der Waals surface area (Å²) in [7, 11) is -2.07. The maximum Gasteiger partial charge on any atom is 0.349 e. The maximum atomic E-state index is 13.2. The molecule has 0 aromatic heterocycles. The second kappa shape index (κ2) is 29.2. The van der Waals surface area contributed by atoms with Gasteiger partial charge in [0.2, 0.25) is 0 Å². The largest absolute Gasteiger partial charge is 0.497 e. The molecule has 4 saturated heterocycles. The van der Waals surface area contributed by atoms with Gasteiger partial charge in [0.25, 0.3) is 0 Å². The normalized spacial score (nSPS) is 27.3. The third-order valence-corrected chi connectivity index (χ3v) is 27.4. The summed E-state index contributed by atoms with van der Waals surface area (Å²) in [6.07, 6.45) is -1.69. The van der Waals surface area contributed by atoms with Crippen molar-refractivity contribution in [2.24, 2.45) is 23.7 Å². The number of aliphatic hydroxyl groups excluding tert-OH is 4. The van der Waals surface area contributed by atoms with E-state index in [1.165, 1.54) is 0 Å². The van der Waals surface area contributed by atoms with E-state index in [0.29, 0.717) is 45.5 Å². The summed E-state index contributed by atoms with van der Waals surface area (Å²) in [5.41, 5.74) is 1.92. The van der Waals surface area contributed by atoms with Gasteiger partial charge in [0.1, 0.15) is 41.4 Å². The number of carbonyl (C=O) groups is 2. The number of Topliss-reactive ketones (excluding diaryl/α,β-unsaturated/α-hetero) is 2. The number of hydrogen-bond donors (Lipinski definition) is 4. The quantitative estimate of drug-likeness (QED) is 0.0603. The van der Waals surface area contributed by atoms with E-state index in [0.717, 1.165) is 22.6 Å². The molecule has 2 aromatic rings. The average molecular weight is 1190 g/mol. The maximum absolute atomic E-state index is 13.2. The minimum absolute atomic E-state index is 0.0147. The number of benzene rings is 2. The second-order valence-corrected chi connectivity index (χ2v) is 37.6. The Morgan fingerprint density at radius 2 is 0.963 bits per heavy atom. The number of hydrogen-bond acceptors (Lipinski definition) is 16. The van der Waals surface area contributed by atoms with Crippen LogP contribution in [0, 0.1) is 23.7 Å². The highest BCUT2D eigenvalue weighted by atomic mass is 28.4. The van der Waals surface area contributed by atoms with Crippen LogP contribution in [-0.4, -0.2) is 150 Å². The molecule has 1 unspecified atom stereocenters. The molecule has 4 fully saturated rings. The van der Waals surface area contributed by atoms with Crippen molar-refractivity contribution in [1.29, 1.82) is 0 Å². The Bertz CT molecular complexity index is 2280. The van der Waals surface area contributed by atoms with E-state index >= 15 is 0 Å². The molecule has 16 nitrogen and oxygen atoms in total. The minimum atomic E-state index is -2.67. The van der Waals surface area contributed by atoms with Crippen LogP contribution >= 0.6 is 0 Å². The van der Waals surface area contributed by atoms with Crippen LogP contribution in [0.1, 0.15) is 160 Å². The highest BCUT2D eigenvalue weighted by Crippen LogP contribution is 2.57. The first-order valence-electron chi connectivity index (χ1n) is 29.9. The highest BCUT2D eigenvalue weighted by molar-refractivity contribution is 6.74. The summed E-state index contributed by atoms with van der Waals surface area (Å²) in [5.74, 6) is 0.927. The number of methoxy groups -OCH3 is 2. The predicted molar refractivity (Wildman–Crippen MR) is 322 cm³/mol. The number of aliphatic hydroxyl groups is 4. The monoisotopic (exact) mass is 1190 g/mol. The zero-order valence-corrected chi connectivity index (χ0v) is 55.0. The first kappa shape index (κ1) is 69.8. The van der Waals surface area contributed by atoms with Gasteiger partial charge in [-0.25, -0.2) is 0 Å². The first-order valence-corrected chi connectivity index (χ1v) is 33.5. The average Bonchev–Trinajstić information content (AvgIpc) is 3.49. The van der Waals surface area contributed by atoms with Gasteiger partial charge in [-0.2, -0.15) is 0 Å². The van der Waals surface area contributed by atoms with Crippen LogP contribution < -0.4 is 9.47 Å². The molecule has 4 heterocycles. The fraction of sp³-hybridized carbons (Fsp3) is 0.750. The van der Waals surface area contributed by atoms with Crippen molar-refractivity contribution in [2.75, 3.05) is 34.0 Å². The molecule has 15 atom stereocenters. The molecular formula is C64H106O16Si2. The smallest absolute Gasteiger partial charge is 0.349 e. The minimum Gasteiger partial charge on any atom is -0.497 e. The molecule has 0 amide bonds. The first-order chi connectivity index (χ1) is 38.1. The van der Waals surface area contributed by atoms with Gasteiger partial charge in [0, 0.05) is 58.7 Å². The van der Waals surface area contributed by atoms with Crippen molar-refractivity contribution in [3.05, 3.63) is 72.3 Å². The zero-order valence-electron chi connectivity index (χ0n) is 53.0.